The van der Waals surface area contributed by atoms with Crippen molar-refractivity contribution >= 4 is 0 Å². The number of aliphatic hydroxyl groups is 1. The van der Waals surface area contributed by atoms with Crippen LogP contribution in [0.25, 0.3) is 0 Å². The molecule has 0 amide bonds. The van der Waals surface area contributed by atoms with Crippen molar-refractivity contribution in [3.05, 3.63) is 35.4 Å². The lowest BCUT2D eigenvalue weighted by molar-refractivity contribution is 0.0902. The Morgan fingerprint density at radius 3 is 2.44 bits per heavy atom. The van der Waals surface area contributed by atoms with Crippen LogP contribution in [0.5, 0.6) is 0 Å². The van der Waals surface area contributed by atoms with Crippen LogP contribution in [0.4, 0.5) is 8.78 Å². The van der Waals surface area contributed by atoms with Crippen LogP contribution in [0.2, 0.25) is 0 Å². The van der Waals surface area contributed by atoms with Gasteiger partial charge >= 0.3 is 0 Å². The van der Waals surface area contributed by atoms with Gasteiger partial charge in [0.15, 0.2) is 0 Å². The molecule has 0 aromatic heterocycles. The van der Waals surface area contributed by atoms with E-state index in [-0.39, 0.29) is 17.7 Å². The lowest BCUT2D eigenvalue weighted by Gasteiger charge is -2.28. The molecule has 2 nitrogen and oxygen atoms in total. The van der Waals surface area contributed by atoms with Crippen LogP contribution in [0, 0.1) is 0 Å². The van der Waals surface area contributed by atoms with Crippen LogP contribution in [0.15, 0.2) is 24.3 Å². The molecule has 2 atom stereocenters. The van der Waals surface area contributed by atoms with Gasteiger partial charge in [0.05, 0.1) is 6.10 Å². The Balaban J connectivity index is 1.85. The third kappa shape index (κ3) is 3.50. The largest absolute Gasteiger partial charge is 0.392 e. The van der Waals surface area contributed by atoms with Gasteiger partial charge in [0.2, 0.25) is 0 Å². The summed E-state index contributed by atoms with van der Waals surface area (Å²) in [5.41, 5.74) is 1.02. The highest BCUT2D eigenvalue weighted by Crippen LogP contribution is 2.20. The zero-order chi connectivity index (χ0) is 13.0. The second kappa shape index (κ2) is 6.25. The molecule has 1 aromatic carbocycles. The molecule has 0 spiro atoms. The Bertz CT molecular complexity index is 367. The van der Waals surface area contributed by atoms with Gasteiger partial charge in [0.1, 0.15) is 0 Å². The molecule has 2 rings (SSSR count). The summed E-state index contributed by atoms with van der Waals surface area (Å²) in [5, 5.41) is 13.1. The van der Waals surface area contributed by atoms with Crippen molar-refractivity contribution in [3.8, 4) is 0 Å². The van der Waals surface area contributed by atoms with Gasteiger partial charge in [-0.15, -0.1) is 0 Å². The van der Waals surface area contributed by atoms with Crippen molar-refractivity contribution in [3.63, 3.8) is 0 Å². The molecule has 100 valence electrons. The zero-order valence-corrected chi connectivity index (χ0v) is 10.3. The molecular weight excluding hydrogens is 236 g/mol. The van der Waals surface area contributed by atoms with Crippen LogP contribution >= 0.6 is 0 Å². The molecule has 1 aliphatic rings. The molecule has 4 heteroatoms. The molecule has 0 radical (unpaired) electrons. The van der Waals surface area contributed by atoms with Crippen LogP contribution < -0.4 is 5.32 Å². The number of nitrogens with one attached hydrogen (secondary N) is 1. The number of halogens is 2. The van der Waals surface area contributed by atoms with Gasteiger partial charge < -0.3 is 10.4 Å². The second-order valence-corrected chi connectivity index (χ2v) is 4.88. The van der Waals surface area contributed by atoms with Crippen LogP contribution in [0.3, 0.4) is 0 Å². The van der Waals surface area contributed by atoms with Crippen molar-refractivity contribution in [1.29, 1.82) is 0 Å². The normalized spacial score (nSPS) is 24.4. The quantitative estimate of drug-likeness (QED) is 0.866. The first-order valence-electron chi connectivity index (χ1n) is 6.45. The van der Waals surface area contributed by atoms with E-state index in [0.717, 1.165) is 31.2 Å². The minimum atomic E-state index is -2.41. The average molecular weight is 255 g/mol. The smallest absolute Gasteiger partial charge is 0.263 e. The van der Waals surface area contributed by atoms with Gasteiger partial charge in [0.25, 0.3) is 6.43 Å². The molecule has 1 aromatic rings. The fourth-order valence-corrected chi connectivity index (χ4v) is 2.38. The van der Waals surface area contributed by atoms with E-state index in [4.69, 9.17) is 0 Å². The van der Waals surface area contributed by atoms with E-state index in [2.05, 4.69) is 5.32 Å². The Morgan fingerprint density at radius 1 is 1.17 bits per heavy atom. The summed E-state index contributed by atoms with van der Waals surface area (Å²) in [6, 6.07) is 6.47. The molecule has 18 heavy (non-hydrogen) atoms. The maximum absolute atomic E-state index is 12.4. The topological polar surface area (TPSA) is 32.3 Å². The third-order valence-electron chi connectivity index (χ3n) is 3.53. The summed E-state index contributed by atoms with van der Waals surface area (Å²) >= 11 is 0. The molecular formula is C14H19F2NO. The number of hydrogen-bond donors (Lipinski definition) is 2. The molecule has 0 heterocycles. The molecule has 1 aliphatic carbocycles. The first-order chi connectivity index (χ1) is 8.66. The Kier molecular flexibility index (Phi) is 4.66. The summed E-state index contributed by atoms with van der Waals surface area (Å²) in [7, 11) is 0. The van der Waals surface area contributed by atoms with Gasteiger partial charge in [-0.3, -0.25) is 0 Å². The lowest BCUT2D eigenvalue weighted by atomic mass is 9.92. The summed E-state index contributed by atoms with van der Waals surface area (Å²) < 4.78 is 24.8. The highest BCUT2D eigenvalue weighted by atomic mass is 19.3. The molecule has 1 fully saturated rings. The van der Waals surface area contributed by atoms with Crippen LogP contribution in [-0.4, -0.2) is 17.3 Å². The van der Waals surface area contributed by atoms with Gasteiger partial charge in [-0.2, -0.15) is 0 Å². The van der Waals surface area contributed by atoms with E-state index < -0.39 is 6.43 Å². The summed E-state index contributed by atoms with van der Waals surface area (Å²) in [4.78, 5) is 0. The van der Waals surface area contributed by atoms with Crippen molar-refractivity contribution in [2.75, 3.05) is 0 Å². The minimum Gasteiger partial charge on any atom is -0.392 e. The van der Waals surface area contributed by atoms with E-state index in [1.54, 1.807) is 12.1 Å². The SMILES string of the molecule is OC1CCCCC1NCc1ccc(C(F)F)cc1. The first-order valence-corrected chi connectivity index (χ1v) is 6.45. The molecule has 0 aliphatic heterocycles. The van der Waals surface area contributed by atoms with Crippen molar-refractivity contribution < 1.29 is 13.9 Å². The monoisotopic (exact) mass is 255 g/mol. The number of alkyl halides is 2. The summed E-state index contributed by atoms with van der Waals surface area (Å²) in [6.07, 6.45) is 1.37. The molecule has 1 saturated carbocycles. The number of benzene rings is 1. The van der Waals surface area contributed by atoms with E-state index >= 15 is 0 Å². The van der Waals surface area contributed by atoms with E-state index in [1.165, 1.54) is 12.1 Å². The van der Waals surface area contributed by atoms with E-state index in [0.29, 0.717) is 6.54 Å². The average Bonchev–Trinajstić information content (AvgIpc) is 2.38. The van der Waals surface area contributed by atoms with Gasteiger partial charge in [-0.25, -0.2) is 8.78 Å². The maximum atomic E-state index is 12.4. The Hall–Kier alpha value is -1.00. The Labute approximate surface area is 106 Å². The number of aliphatic hydroxyl groups excluding tert-OH is 1. The Morgan fingerprint density at radius 2 is 1.83 bits per heavy atom. The number of hydrogen-bond acceptors (Lipinski definition) is 2. The van der Waals surface area contributed by atoms with Gasteiger partial charge in [-0.05, 0) is 18.4 Å². The number of rotatable bonds is 4. The maximum Gasteiger partial charge on any atom is 0.263 e. The summed E-state index contributed by atoms with van der Waals surface area (Å²) in [6.45, 7) is 0.616. The highest BCUT2D eigenvalue weighted by molar-refractivity contribution is 5.23. The van der Waals surface area contributed by atoms with Gasteiger partial charge in [0, 0.05) is 18.2 Å². The van der Waals surface area contributed by atoms with Crippen molar-refractivity contribution in [2.24, 2.45) is 0 Å². The third-order valence-corrected chi connectivity index (χ3v) is 3.53. The standard InChI is InChI=1S/C14H19F2NO/c15-14(16)11-7-5-10(6-8-11)9-17-12-3-1-2-4-13(12)18/h5-8,12-14,17-18H,1-4,9H2. The van der Waals surface area contributed by atoms with Crippen molar-refractivity contribution in [2.45, 2.75) is 50.8 Å². The molecule has 2 N–H and O–H groups in total. The predicted octanol–water partition coefficient (Wildman–Crippen LogP) is 3.02. The fourth-order valence-electron chi connectivity index (χ4n) is 2.38. The fraction of sp³-hybridized carbons (Fsp3) is 0.571. The molecule has 0 saturated heterocycles. The van der Waals surface area contributed by atoms with E-state index in [1.807, 2.05) is 0 Å². The van der Waals surface area contributed by atoms with Crippen molar-refractivity contribution in [1.82, 2.24) is 5.32 Å². The predicted molar refractivity (Wildman–Crippen MR) is 66.5 cm³/mol. The first kappa shape index (κ1) is 13.4. The minimum absolute atomic E-state index is 0.0523. The van der Waals surface area contributed by atoms with E-state index in [9.17, 15) is 13.9 Å². The molecule has 0 bridgehead atoms. The van der Waals surface area contributed by atoms with Gasteiger partial charge in [-0.1, -0.05) is 37.1 Å². The highest BCUT2D eigenvalue weighted by Gasteiger charge is 2.22. The second-order valence-electron chi connectivity index (χ2n) is 4.88. The zero-order valence-electron chi connectivity index (χ0n) is 10.3. The van der Waals surface area contributed by atoms with Crippen LogP contribution in [0.1, 0.15) is 43.2 Å². The summed E-state index contributed by atoms with van der Waals surface area (Å²) in [5.74, 6) is 0. The molecule has 2 unspecified atom stereocenters. The van der Waals surface area contributed by atoms with Crippen LogP contribution in [-0.2, 0) is 6.54 Å². The lowest BCUT2D eigenvalue weighted by Crippen LogP contribution is -2.41.